The SMILES string of the molecule is COc1cccc2cc(NC(=O)C=Cc3ccccc3)c(=O)oc12. The average molecular weight is 321 g/mol. The van der Waals surface area contributed by atoms with Crippen LogP contribution in [-0.4, -0.2) is 13.0 Å². The molecule has 0 bridgehead atoms. The Morgan fingerprint density at radius 1 is 1.12 bits per heavy atom. The summed E-state index contributed by atoms with van der Waals surface area (Å²) in [7, 11) is 1.50. The number of para-hydroxylation sites is 1. The van der Waals surface area contributed by atoms with Crippen molar-refractivity contribution >= 4 is 28.6 Å². The lowest BCUT2D eigenvalue weighted by Gasteiger charge is -2.06. The van der Waals surface area contributed by atoms with Gasteiger partial charge < -0.3 is 14.5 Å². The minimum Gasteiger partial charge on any atom is -0.493 e. The number of fused-ring (bicyclic) bond motifs is 1. The lowest BCUT2D eigenvalue weighted by Crippen LogP contribution is -2.15. The Balaban J connectivity index is 1.85. The number of amides is 1. The molecule has 0 aliphatic heterocycles. The third-order valence-electron chi connectivity index (χ3n) is 3.43. The van der Waals surface area contributed by atoms with Crippen molar-refractivity contribution in [1.82, 2.24) is 0 Å². The smallest absolute Gasteiger partial charge is 0.360 e. The molecule has 0 atom stereocenters. The molecule has 0 spiro atoms. The van der Waals surface area contributed by atoms with E-state index in [1.165, 1.54) is 13.2 Å². The molecule has 120 valence electrons. The Labute approximate surface area is 138 Å². The van der Waals surface area contributed by atoms with Crippen LogP contribution >= 0.6 is 0 Å². The van der Waals surface area contributed by atoms with Gasteiger partial charge in [-0.05, 0) is 23.8 Å². The van der Waals surface area contributed by atoms with Crippen LogP contribution in [0.5, 0.6) is 5.75 Å². The summed E-state index contributed by atoms with van der Waals surface area (Å²) in [6, 6.07) is 16.2. The van der Waals surface area contributed by atoms with Crippen LogP contribution in [0.25, 0.3) is 17.0 Å². The lowest BCUT2D eigenvalue weighted by atomic mass is 10.2. The van der Waals surface area contributed by atoms with E-state index < -0.39 is 11.5 Å². The number of hydrogen-bond donors (Lipinski definition) is 1. The van der Waals surface area contributed by atoms with E-state index in [0.29, 0.717) is 16.7 Å². The largest absolute Gasteiger partial charge is 0.493 e. The molecule has 1 aromatic heterocycles. The number of nitrogens with one attached hydrogen (secondary N) is 1. The predicted molar refractivity (Wildman–Crippen MR) is 93.1 cm³/mol. The van der Waals surface area contributed by atoms with E-state index in [4.69, 9.17) is 9.15 Å². The highest BCUT2D eigenvalue weighted by molar-refractivity contribution is 6.02. The number of hydrogen-bond acceptors (Lipinski definition) is 4. The van der Waals surface area contributed by atoms with Crippen molar-refractivity contribution in [2.45, 2.75) is 0 Å². The minimum atomic E-state index is -0.631. The second-order valence-electron chi connectivity index (χ2n) is 5.06. The fourth-order valence-corrected chi connectivity index (χ4v) is 2.28. The molecular weight excluding hydrogens is 306 g/mol. The van der Waals surface area contributed by atoms with Gasteiger partial charge in [-0.25, -0.2) is 4.79 Å². The summed E-state index contributed by atoms with van der Waals surface area (Å²) >= 11 is 0. The second kappa shape index (κ2) is 6.83. The standard InChI is InChI=1S/C19H15NO4/c1-23-16-9-5-8-14-12-15(19(22)24-18(14)16)20-17(21)11-10-13-6-3-2-4-7-13/h2-12H,1H3,(H,20,21). The molecular formula is C19H15NO4. The summed E-state index contributed by atoms with van der Waals surface area (Å²) in [5, 5.41) is 3.20. The molecule has 0 aliphatic carbocycles. The van der Waals surface area contributed by atoms with E-state index in [1.54, 1.807) is 30.3 Å². The fraction of sp³-hybridized carbons (Fsp3) is 0.0526. The molecule has 0 saturated heterocycles. The minimum absolute atomic E-state index is 0.0819. The summed E-state index contributed by atoms with van der Waals surface area (Å²) < 4.78 is 10.4. The summed E-state index contributed by atoms with van der Waals surface area (Å²) in [6.07, 6.45) is 3.03. The molecule has 5 heteroatoms. The van der Waals surface area contributed by atoms with Gasteiger partial charge in [0.15, 0.2) is 11.3 Å². The number of anilines is 1. The number of carbonyl (C=O) groups excluding carboxylic acids is 1. The summed E-state index contributed by atoms with van der Waals surface area (Å²) in [5.74, 6) is 0.0554. The van der Waals surface area contributed by atoms with Crippen molar-refractivity contribution in [1.29, 1.82) is 0 Å². The lowest BCUT2D eigenvalue weighted by molar-refractivity contribution is -0.111. The van der Waals surface area contributed by atoms with Gasteiger partial charge in [0.25, 0.3) is 0 Å². The van der Waals surface area contributed by atoms with Crippen molar-refractivity contribution in [3.8, 4) is 5.75 Å². The number of benzene rings is 2. The molecule has 3 aromatic rings. The molecule has 1 heterocycles. The molecule has 0 unspecified atom stereocenters. The van der Waals surface area contributed by atoms with Gasteiger partial charge in [-0.15, -0.1) is 0 Å². The molecule has 1 N–H and O–H groups in total. The maximum atomic E-state index is 12.1. The van der Waals surface area contributed by atoms with Crippen molar-refractivity contribution in [2.24, 2.45) is 0 Å². The van der Waals surface area contributed by atoms with Gasteiger partial charge in [0.2, 0.25) is 5.91 Å². The quantitative estimate of drug-likeness (QED) is 0.590. The zero-order valence-electron chi connectivity index (χ0n) is 13.0. The molecule has 0 radical (unpaired) electrons. The first-order valence-corrected chi connectivity index (χ1v) is 7.32. The summed E-state index contributed by atoms with van der Waals surface area (Å²) in [5.41, 5.74) is 0.692. The van der Waals surface area contributed by atoms with Crippen LogP contribution in [0.15, 0.2) is 69.9 Å². The van der Waals surface area contributed by atoms with Gasteiger partial charge in [0, 0.05) is 11.5 Å². The number of carbonyl (C=O) groups is 1. The zero-order chi connectivity index (χ0) is 16.9. The van der Waals surface area contributed by atoms with Crippen molar-refractivity contribution in [3.63, 3.8) is 0 Å². The van der Waals surface area contributed by atoms with Crippen LogP contribution in [0.1, 0.15) is 5.56 Å². The van der Waals surface area contributed by atoms with Crippen LogP contribution in [-0.2, 0) is 4.79 Å². The van der Waals surface area contributed by atoms with Crippen LogP contribution in [0.3, 0.4) is 0 Å². The average Bonchev–Trinajstić information content (AvgIpc) is 2.61. The van der Waals surface area contributed by atoms with E-state index in [-0.39, 0.29) is 5.69 Å². The molecule has 24 heavy (non-hydrogen) atoms. The first-order valence-electron chi connectivity index (χ1n) is 7.32. The highest BCUT2D eigenvalue weighted by Crippen LogP contribution is 2.25. The zero-order valence-corrected chi connectivity index (χ0v) is 13.0. The Morgan fingerprint density at radius 2 is 1.92 bits per heavy atom. The summed E-state index contributed by atoms with van der Waals surface area (Å²) in [6.45, 7) is 0. The van der Waals surface area contributed by atoms with Gasteiger partial charge in [0.1, 0.15) is 5.69 Å². The summed E-state index contributed by atoms with van der Waals surface area (Å²) in [4.78, 5) is 24.0. The second-order valence-corrected chi connectivity index (χ2v) is 5.06. The normalized spacial score (nSPS) is 10.9. The molecule has 0 aliphatic rings. The van der Waals surface area contributed by atoms with E-state index in [9.17, 15) is 9.59 Å². The first-order chi connectivity index (χ1) is 11.7. The maximum absolute atomic E-state index is 12.1. The Kier molecular flexibility index (Phi) is 4.43. The number of methoxy groups -OCH3 is 1. The molecule has 1 amide bonds. The van der Waals surface area contributed by atoms with Crippen LogP contribution in [0.2, 0.25) is 0 Å². The highest BCUT2D eigenvalue weighted by Gasteiger charge is 2.10. The maximum Gasteiger partial charge on any atom is 0.360 e. The van der Waals surface area contributed by atoms with Crippen molar-refractivity contribution < 1.29 is 13.9 Å². The Bertz CT molecular complexity index is 958. The van der Waals surface area contributed by atoms with Gasteiger partial charge in [0.05, 0.1) is 7.11 Å². The first kappa shape index (κ1) is 15.6. The van der Waals surface area contributed by atoms with Gasteiger partial charge in [-0.1, -0.05) is 42.5 Å². The Hall–Kier alpha value is -3.34. The number of rotatable bonds is 4. The van der Waals surface area contributed by atoms with Crippen LogP contribution in [0, 0.1) is 0 Å². The van der Waals surface area contributed by atoms with Crippen molar-refractivity contribution in [3.05, 3.63) is 76.7 Å². The van der Waals surface area contributed by atoms with E-state index in [1.807, 2.05) is 30.3 Å². The third-order valence-corrected chi connectivity index (χ3v) is 3.43. The highest BCUT2D eigenvalue weighted by atomic mass is 16.5. The molecule has 5 nitrogen and oxygen atoms in total. The van der Waals surface area contributed by atoms with E-state index in [0.717, 1.165) is 5.56 Å². The fourth-order valence-electron chi connectivity index (χ4n) is 2.28. The topological polar surface area (TPSA) is 68.5 Å². The van der Waals surface area contributed by atoms with Gasteiger partial charge >= 0.3 is 5.63 Å². The Morgan fingerprint density at radius 3 is 2.67 bits per heavy atom. The van der Waals surface area contributed by atoms with Crippen LogP contribution in [0.4, 0.5) is 5.69 Å². The molecule has 0 fully saturated rings. The molecule has 2 aromatic carbocycles. The van der Waals surface area contributed by atoms with E-state index in [2.05, 4.69) is 5.32 Å². The predicted octanol–water partition coefficient (Wildman–Crippen LogP) is 3.45. The monoisotopic (exact) mass is 321 g/mol. The van der Waals surface area contributed by atoms with Crippen molar-refractivity contribution in [2.75, 3.05) is 12.4 Å². The molecule has 3 rings (SSSR count). The number of ether oxygens (including phenoxy) is 1. The van der Waals surface area contributed by atoms with Gasteiger partial charge in [-0.3, -0.25) is 4.79 Å². The van der Waals surface area contributed by atoms with E-state index >= 15 is 0 Å². The van der Waals surface area contributed by atoms with Gasteiger partial charge in [-0.2, -0.15) is 0 Å². The van der Waals surface area contributed by atoms with Crippen LogP contribution < -0.4 is 15.7 Å². The molecule has 0 saturated carbocycles. The third kappa shape index (κ3) is 3.35.